The highest BCUT2D eigenvalue weighted by Gasteiger charge is 2.13. The van der Waals surface area contributed by atoms with E-state index in [1.54, 1.807) is 6.07 Å². The van der Waals surface area contributed by atoms with Crippen LogP contribution < -0.4 is 10.5 Å². The van der Waals surface area contributed by atoms with Gasteiger partial charge in [0.25, 0.3) is 0 Å². The van der Waals surface area contributed by atoms with Gasteiger partial charge in [0.2, 0.25) is 5.88 Å². The Morgan fingerprint density at radius 3 is 2.84 bits per heavy atom. The number of anilines is 1. The van der Waals surface area contributed by atoms with Crippen LogP contribution in [-0.4, -0.2) is 42.2 Å². The van der Waals surface area contributed by atoms with Gasteiger partial charge in [-0.15, -0.1) is 0 Å². The zero-order chi connectivity index (χ0) is 17.9. The van der Waals surface area contributed by atoms with E-state index in [2.05, 4.69) is 4.98 Å². The third-order valence-corrected chi connectivity index (χ3v) is 4.05. The van der Waals surface area contributed by atoms with Crippen molar-refractivity contribution in [3.8, 4) is 5.88 Å². The minimum Gasteiger partial charge on any atom is -0.481 e. The number of pyridine rings is 1. The Morgan fingerprint density at radius 1 is 1.28 bits per heavy atom. The van der Waals surface area contributed by atoms with Crippen molar-refractivity contribution in [1.29, 1.82) is 0 Å². The van der Waals surface area contributed by atoms with Crippen molar-refractivity contribution in [3.63, 3.8) is 0 Å². The lowest BCUT2D eigenvalue weighted by Gasteiger charge is -2.22. The summed E-state index contributed by atoms with van der Waals surface area (Å²) in [7, 11) is 0. The smallest absolute Gasteiger partial charge is 0.303 e. The molecule has 7 nitrogen and oxygen atoms in total. The van der Waals surface area contributed by atoms with Crippen molar-refractivity contribution in [2.24, 2.45) is 0 Å². The van der Waals surface area contributed by atoms with Gasteiger partial charge in [0.05, 0.1) is 6.61 Å². The number of aryl methyl sites for hydroxylation is 1. The summed E-state index contributed by atoms with van der Waals surface area (Å²) in [5.74, 6) is 0.0993. The van der Waals surface area contributed by atoms with Gasteiger partial charge < -0.3 is 25.1 Å². The Labute approximate surface area is 148 Å². The number of unbranched alkanes of at least 4 members (excludes halogenated alkanes) is 1. The maximum atomic E-state index is 10.5. The molecular formula is C18H28N2O5. The first-order valence-electron chi connectivity index (χ1n) is 8.98. The molecule has 1 fully saturated rings. The number of nitrogens with two attached hydrogens (primary N) is 1. The van der Waals surface area contributed by atoms with Gasteiger partial charge in [0.15, 0.2) is 6.29 Å². The van der Waals surface area contributed by atoms with Gasteiger partial charge in [-0.1, -0.05) is 6.07 Å². The molecule has 2 heterocycles. The molecule has 7 heteroatoms. The van der Waals surface area contributed by atoms with E-state index in [-0.39, 0.29) is 12.7 Å². The summed E-state index contributed by atoms with van der Waals surface area (Å²) in [5, 5.41) is 8.65. The maximum absolute atomic E-state index is 10.5. The Balaban J connectivity index is 1.58. The summed E-state index contributed by atoms with van der Waals surface area (Å²) in [6.45, 7) is 2.03. The van der Waals surface area contributed by atoms with Crippen LogP contribution in [-0.2, 0) is 20.7 Å². The Hall–Kier alpha value is -1.86. The molecule has 2 rings (SSSR count). The van der Waals surface area contributed by atoms with Crippen molar-refractivity contribution < 1.29 is 24.1 Å². The first-order chi connectivity index (χ1) is 12.1. The van der Waals surface area contributed by atoms with Crippen molar-refractivity contribution in [3.05, 3.63) is 17.7 Å². The average molecular weight is 352 g/mol. The van der Waals surface area contributed by atoms with Gasteiger partial charge in [0.1, 0.15) is 5.82 Å². The lowest BCUT2D eigenvalue weighted by atomic mass is 10.1. The molecule has 0 aliphatic carbocycles. The zero-order valence-electron chi connectivity index (χ0n) is 14.6. The second-order valence-corrected chi connectivity index (χ2v) is 6.16. The van der Waals surface area contributed by atoms with Crippen molar-refractivity contribution in [2.45, 2.75) is 57.7 Å². The van der Waals surface area contributed by atoms with Crippen LogP contribution in [0.4, 0.5) is 5.82 Å². The molecule has 1 aliphatic rings. The molecule has 0 bridgehead atoms. The average Bonchev–Trinajstić information content (AvgIpc) is 2.60. The summed E-state index contributed by atoms with van der Waals surface area (Å²) < 4.78 is 16.8. The third kappa shape index (κ3) is 7.70. The minimum atomic E-state index is -0.800. The van der Waals surface area contributed by atoms with Crippen molar-refractivity contribution in [1.82, 2.24) is 4.98 Å². The molecule has 25 heavy (non-hydrogen) atoms. The van der Waals surface area contributed by atoms with Gasteiger partial charge in [0, 0.05) is 25.7 Å². The summed E-state index contributed by atoms with van der Waals surface area (Å²) in [4.78, 5) is 14.7. The summed E-state index contributed by atoms with van der Waals surface area (Å²) in [5.41, 5.74) is 6.76. The van der Waals surface area contributed by atoms with E-state index in [9.17, 15) is 4.79 Å². The molecule has 3 N–H and O–H groups in total. The number of hydrogen-bond donors (Lipinski definition) is 2. The van der Waals surface area contributed by atoms with E-state index in [1.807, 2.05) is 6.07 Å². The number of nitrogens with zero attached hydrogens (tertiary/aromatic N) is 1. The molecule has 1 atom stereocenters. The van der Waals surface area contributed by atoms with Crippen LogP contribution in [0.5, 0.6) is 5.88 Å². The number of nitrogen functional groups attached to an aromatic ring is 1. The van der Waals surface area contributed by atoms with Gasteiger partial charge in [-0.25, -0.2) is 0 Å². The van der Waals surface area contributed by atoms with E-state index in [4.69, 9.17) is 25.1 Å². The molecule has 0 spiro atoms. The molecule has 140 valence electrons. The Bertz CT molecular complexity index is 532. The fourth-order valence-electron chi connectivity index (χ4n) is 2.65. The van der Waals surface area contributed by atoms with Crippen LogP contribution in [0.1, 0.15) is 50.5 Å². The predicted molar refractivity (Wildman–Crippen MR) is 93.5 cm³/mol. The molecule has 1 saturated heterocycles. The summed E-state index contributed by atoms with van der Waals surface area (Å²) in [6, 6.07) is 3.63. The first kappa shape index (κ1) is 19.5. The molecule has 1 aromatic heterocycles. The number of hydrogen-bond acceptors (Lipinski definition) is 6. The van der Waals surface area contributed by atoms with E-state index >= 15 is 0 Å². The highest BCUT2D eigenvalue weighted by molar-refractivity contribution is 5.66. The Kier molecular flexibility index (Phi) is 8.48. The lowest BCUT2D eigenvalue weighted by molar-refractivity contribution is -0.162. The maximum Gasteiger partial charge on any atom is 0.303 e. The highest BCUT2D eigenvalue weighted by atomic mass is 16.7. The third-order valence-electron chi connectivity index (χ3n) is 4.05. The van der Waals surface area contributed by atoms with Gasteiger partial charge >= 0.3 is 5.97 Å². The minimum absolute atomic E-state index is 0.0372. The predicted octanol–water partition coefficient (Wildman–Crippen LogP) is 2.77. The van der Waals surface area contributed by atoms with Crippen LogP contribution in [0, 0.1) is 0 Å². The lowest BCUT2D eigenvalue weighted by Crippen LogP contribution is -2.22. The standard InChI is InChI=1S/C18H28N2O5/c19-18-14(6-5-7-16(21)22)9-10-15(20-18)23-11-3-4-13-25-17-8-1-2-12-24-17/h9-10,17H,1-8,11-13H2,(H2,19,20)(H,21,22). The normalized spacial score (nSPS) is 17.4. The highest BCUT2D eigenvalue weighted by Crippen LogP contribution is 2.18. The largest absolute Gasteiger partial charge is 0.481 e. The van der Waals surface area contributed by atoms with E-state index in [0.717, 1.165) is 37.9 Å². The molecular weight excluding hydrogens is 324 g/mol. The topological polar surface area (TPSA) is 104 Å². The van der Waals surface area contributed by atoms with Crippen molar-refractivity contribution >= 4 is 11.8 Å². The van der Waals surface area contributed by atoms with Crippen LogP contribution in [0.15, 0.2) is 12.1 Å². The zero-order valence-corrected chi connectivity index (χ0v) is 14.6. The second-order valence-electron chi connectivity index (χ2n) is 6.16. The Morgan fingerprint density at radius 2 is 2.12 bits per heavy atom. The monoisotopic (exact) mass is 352 g/mol. The number of ether oxygens (including phenoxy) is 3. The number of aromatic nitrogens is 1. The van der Waals surface area contributed by atoms with Crippen LogP contribution in [0.2, 0.25) is 0 Å². The van der Waals surface area contributed by atoms with Crippen LogP contribution >= 0.6 is 0 Å². The number of aliphatic carboxylic acids is 1. The first-order valence-corrected chi connectivity index (χ1v) is 8.98. The fourth-order valence-corrected chi connectivity index (χ4v) is 2.65. The van der Waals surface area contributed by atoms with Gasteiger partial charge in [-0.05, 0) is 50.5 Å². The molecule has 1 aliphatic heterocycles. The van der Waals surface area contributed by atoms with Crippen LogP contribution in [0.25, 0.3) is 0 Å². The fraction of sp³-hybridized carbons (Fsp3) is 0.667. The molecule has 0 amide bonds. The molecule has 1 unspecified atom stereocenters. The number of carboxylic acid groups (broad SMARTS) is 1. The van der Waals surface area contributed by atoms with E-state index in [1.165, 1.54) is 6.42 Å². The van der Waals surface area contributed by atoms with E-state index in [0.29, 0.717) is 37.8 Å². The van der Waals surface area contributed by atoms with Gasteiger partial charge in [-0.2, -0.15) is 4.98 Å². The molecule has 1 aromatic rings. The number of carbonyl (C=O) groups is 1. The van der Waals surface area contributed by atoms with Crippen LogP contribution in [0.3, 0.4) is 0 Å². The van der Waals surface area contributed by atoms with E-state index < -0.39 is 5.97 Å². The summed E-state index contributed by atoms with van der Waals surface area (Å²) in [6.07, 6.45) is 6.30. The second kappa shape index (κ2) is 10.9. The van der Waals surface area contributed by atoms with Crippen molar-refractivity contribution in [2.75, 3.05) is 25.6 Å². The summed E-state index contributed by atoms with van der Waals surface area (Å²) >= 11 is 0. The quantitative estimate of drug-likeness (QED) is 0.590. The number of carboxylic acids is 1. The number of rotatable bonds is 11. The molecule has 0 saturated carbocycles. The SMILES string of the molecule is Nc1nc(OCCCCOC2CCCCO2)ccc1CCCC(=O)O. The van der Waals surface area contributed by atoms with Gasteiger partial charge in [-0.3, -0.25) is 4.79 Å². The molecule has 0 aromatic carbocycles. The molecule has 0 radical (unpaired) electrons.